The molecule has 0 aliphatic heterocycles. The largest absolute Gasteiger partial charge is 0.444 e. The van der Waals surface area contributed by atoms with Gasteiger partial charge >= 0.3 is 6.09 Å². The molecule has 25 heavy (non-hydrogen) atoms. The summed E-state index contributed by atoms with van der Waals surface area (Å²) in [6, 6.07) is 3.39. The molecule has 4 nitrogen and oxygen atoms in total. The third-order valence-electron chi connectivity index (χ3n) is 3.33. The maximum Gasteiger partial charge on any atom is 0.408 e. The van der Waals surface area contributed by atoms with Gasteiger partial charge in [-0.25, -0.2) is 18.6 Å². The van der Waals surface area contributed by atoms with E-state index in [9.17, 15) is 13.6 Å². The van der Waals surface area contributed by atoms with E-state index in [1.807, 2.05) is 6.92 Å². The summed E-state index contributed by atoms with van der Waals surface area (Å²) in [5.41, 5.74) is -0.737. The number of carbonyl (C=O) groups is 1. The number of rotatable bonds is 3. The molecular weight excluding hydrogens is 346 g/mol. The number of hydrogen-bond donors (Lipinski definition) is 1. The van der Waals surface area contributed by atoms with E-state index >= 15 is 0 Å². The molecule has 0 spiro atoms. The number of halogens is 2. The van der Waals surface area contributed by atoms with Gasteiger partial charge in [0, 0.05) is 16.5 Å². The van der Waals surface area contributed by atoms with Crippen molar-refractivity contribution < 1.29 is 18.3 Å². The Bertz CT molecular complexity index is 795. The third-order valence-corrected chi connectivity index (χ3v) is 4.63. The first kappa shape index (κ1) is 19.3. The third kappa shape index (κ3) is 4.75. The molecule has 1 aromatic carbocycles. The maximum atomic E-state index is 14.1. The van der Waals surface area contributed by atoms with Crippen LogP contribution in [-0.4, -0.2) is 16.7 Å². The molecule has 0 aliphatic rings. The van der Waals surface area contributed by atoms with Crippen LogP contribution in [0.3, 0.4) is 0 Å². The molecule has 0 atom stereocenters. The van der Waals surface area contributed by atoms with Crippen LogP contribution in [0, 0.1) is 18.6 Å². The number of aromatic nitrogens is 1. The van der Waals surface area contributed by atoms with Crippen molar-refractivity contribution in [2.45, 2.75) is 52.7 Å². The number of aryl methyl sites for hydroxylation is 1. The fourth-order valence-electron chi connectivity index (χ4n) is 2.21. The summed E-state index contributed by atoms with van der Waals surface area (Å²) in [6.07, 6.45) is -0.556. The Morgan fingerprint density at radius 2 is 1.84 bits per heavy atom. The van der Waals surface area contributed by atoms with Gasteiger partial charge in [-0.1, -0.05) is 0 Å². The average molecular weight is 368 g/mol. The van der Waals surface area contributed by atoms with Crippen molar-refractivity contribution in [3.63, 3.8) is 0 Å². The molecule has 0 radical (unpaired) electrons. The average Bonchev–Trinajstić information content (AvgIpc) is 2.78. The van der Waals surface area contributed by atoms with Gasteiger partial charge in [-0.05, 0) is 53.7 Å². The standard InChI is InChI=1S/C18H22F2N2O2S/c1-10-14(12-8-7-11(19)9-13(12)20)21-15(25-10)18(5,6)22-16(23)24-17(2,3)4/h7-9H,1-6H3,(H,22,23). The van der Waals surface area contributed by atoms with E-state index in [0.29, 0.717) is 10.7 Å². The number of ether oxygens (including phenoxy) is 1. The molecule has 1 amide bonds. The van der Waals surface area contributed by atoms with E-state index in [2.05, 4.69) is 10.3 Å². The van der Waals surface area contributed by atoms with E-state index in [-0.39, 0.29) is 5.56 Å². The molecule has 0 fully saturated rings. The highest BCUT2D eigenvalue weighted by molar-refractivity contribution is 7.12. The number of carbonyl (C=O) groups excluding carboxylic acids is 1. The number of alkyl carbamates (subject to hydrolysis) is 1. The first-order valence-electron chi connectivity index (χ1n) is 7.83. The lowest BCUT2D eigenvalue weighted by Gasteiger charge is -2.27. The zero-order chi connectivity index (χ0) is 19.0. The van der Waals surface area contributed by atoms with Crippen molar-refractivity contribution in [2.75, 3.05) is 0 Å². The molecule has 1 heterocycles. The highest BCUT2D eigenvalue weighted by Crippen LogP contribution is 2.34. The van der Waals surface area contributed by atoms with E-state index in [1.165, 1.54) is 23.5 Å². The van der Waals surface area contributed by atoms with Gasteiger partial charge in [0.2, 0.25) is 0 Å². The molecule has 136 valence electrons. The summed E-state index contributed by atoms with van der Waals surface area (Å²) < 4.78 is 32.4. The van der Waals surface area contributed by atoms with Crippen molar-refractivity contribution in [1.82, 2.24) is 10.3 Å². The van der Waals surface area contributed by atoms with Gasteiger partial charge in [0.25, 0.3) is 0 Å². The van der Waals surface area contributed by atoms with Crippen molar-refractivity contribution in [1.29, 1.82) is 0 Å². The van der Waals surface area contributed by atoms with Crippen LogP contribution in [0.5, 0.6) is 0 Å². The smallest absolute Gasteiger partial charge is 0.408 e. The topological polar surface area (TPSA) is 51.2 Å². The number of benzene rings is 1. The Hall–Kier alpha value is -2.02. The highest BCUT2D eigenvalue weighted by atomic mass is 32.1. The van der Waals surface area contributed by atoms with Gasteiger partial charge in [-0.3, -0.25) is 0 Å². The van der Waals surface area contributed by atoms with Crippen LogP contribution in [0.25, 0.3) is 11.3 Å². The zero-order valence-corrected chi connectivity index (χ0v) is 16.0. The number of amides is 1. The number of nitrogens with one attached hydrogen (secondary N) is 1. The molecule has 0 aliphatic carbocycles. The minimum Gasteiger partial charge on any atom is -0.444 e. The van der Waals surface area contributed by atoms with Crippen LogP contribution in [0.1, 0.15) is 44.5 Å². The first-order chi connectivity index (χ1) is 11.4. The van der Waals surface area contributed by atoms with E-state index in [0.717, 1.165) is 10.9 Å². The molecule has 0 unspecified atom stereocenters. The summed E-state index contributed by atoms with van der Waals surface area (Å²) in [7, 11) is 0. The molecule has 1 N–H and O–H groups in total. The molecule has 1 aromatic heterocycles. The summed E-state index contributed by atoms with van der Waals surface area (Å²) >= 11 is 1.35. The second kappa shape index (κ2) is 6.71. The Kier molecular flexibility index (Phi) is 5.18. The van der Waals surface area contributed by atoms with Gasteiger partial charge in [0.1, 0.15) is 22.2 Å². The maximum absolute atomic E-state index is 14.1. The Labute approximate surface area is 150 Å². The van der Waals surface area contributed by atoms with Crippen LogP contribution in [0.15, 0.2) is 18.2 Å². The molecule has 2 rings (SSSR count). The van der Waals surface area contributed by atoms with Gasteiger partial charge in [-0.2, -0.15) is 0 Å². The fourth-order valence-corrected chi connectivity index (χ4v) is 3.19. The van der Waals surface area contributed by atoms with Crippen molar-refractivity contribution in [3.05, 3.63) is 39.7 Å². The van der Waals surface area contributed by atoms with Gasteiger partial charge in [-0.15, -0.1) is 11.3 Å². The van der Waals surface area contributed by atoms with E-state index in [1.54, 1.807) is 34.6 Å². The van der Waals surface area contributed by atoms with E-state index in [4.69, 9.17) is 4.74 Å². The molecule has 0 saturated carbocycles. The van der Waals surface area contributed by atoms with Crippen molar-refractivity contribution >= 4 is 17.4 Å². The number of thiazole rings is 1. The zero-order valence-electron chi connectivity index (χ0n) is 15.2. The van der Waals surface area contributed by atoms with E-state index < -0.39 is 28.9 Å². The molecular formula is C18H22F2N2O2S. The van der Waals surface area contributed by atoms with Crippen LogP contribution in [0.4, 0.5) is 13.6 Å². The molecule has 2 aromatic rings. The first-order valence-corrected chi connectivity index (χ1v) is 8.65. The van der Waals surface area contributed by atoms with Crippen LogP contribution < -0.4 is 5.32 Å². The minimum absolute atomic E-state index is 0.231. The second-order valence-electron chi connectivity index (χ2n) is 7.30. The van der Waals surface area contributed by atoms with Crippen LogP contribution in [-0.2, 0) is 10.3 Å². The van der Waals surface area contributed by atoms with Gasteiger partial charge < -0.3 is 10.1 Å². The molecule has 0 saturated heterocycles. The molecule has 7 heteroatoms. The Morgan fingerprint density at radius 3 is 2.40 bits per heavy atom. The molecule has 0 bridgehead atoms. The summed E-state index contributed by atoms with van der Waals surface area (Å²) in [4.78, 5) is 17.3. The normalized spacial score (nSPS) is 12.2. The second-order valence-corrected chi connectivity index (χ2v) is 8.50. The highest BCUT2D eigenvalue weighted by Gasteiger charge is 2.30. The van der Waals surface area contributed by atoms with Crippen molar-refractivity contribution in [3.8, 4) is 11.3 Å². The lowest BCUT2D eigenvalue weighted by Crippen LogP contribution is -2.43. The lowest BCUT2D eigenvalue weighted by atomic mass is 10.1. The van der Waals surface area contributed by atoms with Gasteiger partial charge in [0.05, 0.1) is 11.2 Å². The SMILES string of the molecule is Cc1sc(C(C)(C)NC(=O)OC(C)(C)C)nc1-c1ccc(F)cc1F. The minimum atomic E-state index is -0.799. The predicted octanol–water partition coefficient (Wildman–Crippen LogP) is 5.16. The summed E-state index contributed by atoms with van der Waals surface area (Å²) in [6.45, 7) is 10.7. The fraction of sp³-hybridized carbons (Fsp3) is 0.444. The van der Waals surface area contributed by atoms with Crippen LogP contribution in [0.2, 0.25) is 0 Å². The summed E-state index contributed by atoms with van der Waals surface area (Å²) in [5.74, 6) is -1.31. The number of nitrogens with zero attached hydrogens (tertiary/aromatic N) is 1. The van der Waals surface area contributed by atoms with Gasteiger partial charge in [0.15, 0.2) is 0 Å². The predicted molar refractivity (Wildman–Crippen MR) is 94.6 cm³/mol. The monoisotopic (exact) mass is 368 g/mol. The van der Waals surface area contributed by atoms with Crippen molar-refractivity contribution in [2.24, 2.45) is 0 Å². The summed E-state index contributed by atoms with van der Waals surface area (Å²) in [5, 5.41) is 3.38. The van der Waals surface area contributed by atoms with Crippen LogP contribution >= 0.6 is 11.3 Å². The quantitative estimate of drug-likeness (QED) is 0.814. The Balaban J connectivity index is 2.30. The Morgan fingerprint density at radius 1 is 1.20 bits per heavy atom. The number of hydrogen-bond acceptors (Lipinski definition) is 4. The lowest BCUT2D eigenvalue weighted by molar-refractivity contribution is 0.0470.